The minimum absolute atomic E-state index is 0.253. The number of rotatable bonds is 4. The van der Waals surface area contributed by atoms with Gasteiger partial charge in [0.1, 0.15) is 5.75 Å². The molecule has 1 aliphatic heterocycles. The van der Waals surface area contributed by atoms with Gasteiger partial charge in [0.2, 0.25) is 0 Å². The molecule has 4 nitrogen and oxygen atoms in total. The molecule has 112 valence electrons. The minimum atomic E-state index is 0.253. The van der Waals surface area contributed by atoms with Crippen molar-refractivity contribution in [2.75, 3.05) is 33.4 Å². The van der Waals surface area contributed by atoms with Crippen molar-refractivity contribution in [1.29, 1.82) is 0 Å². The number of ether oxygens (including phenoxy) is 2. The molecule has 1 aliphatic rings. The Kier molecular flexibility index (Phi) is 5.40. The van der Waals surface area contributed by atoms with E-state index in [0.29, 0.717) is 6.54 Å². The molecule has 0 spiro atoms. The Labute approximate surface area is 121 Å². The molecule has 0 aromatic heterocycles. The molecule has 0 amide bonds. The molecule has 0 bridgehead atoms. The van der Waals surface area contributed by atoms with Crippen LogP contribution in [0, 0.1) is 6.92 Å². The number of benzene rings is 1. The van der Waals surface area contributed by atoms with E-state index in [1.165, 1.54) is 5.56 Å². The van der Waals surface area contributed by atoms with Crippen LogP contribution in [-0.2, 0) is 4.74 Å². The van der Waals surface area contributed by atoms with E-state index in [4.69, 9.17) is 15.2 Å². The van der Waals surface area contributed by atoms with Gasteiger partial charge in [-0.3, -0.25) is 4.90 Å². The summed E-state index contributed by atoms with van der Waals surface area (Å²) in [5.74, 6) is 0.928. The quantitative estimate of drug-likeness (QED) is 0.916. The van der Waals surface area contributed by atoms with Gasteiger partial charge in [0.25, 0.3) is 0 Å². The lowest BCUT2D eigenvalue weighted by atomic mass is 10.0. The smallest absolute Gasteiger partial charge is 0.121 e. The summed E-state index contributed by atoms with van der Waals surface area (Å²) in [7, 11) is 1.70. The topological polar surface area (TPSA) is 47.7 Å². The van der Waals surface area contributed by atoms with Crippen molar-refractivity contribution >= 4 is 0 Å². The largest absolute Gasteiger partial charge is 0.496 e. The molecule has 2 atom stereocenters. The molecule has 2 unspecified atom stereocenters. The molecule has 20 heavy (non-hydrogen) atoms. The van der Waals surface area contributed by atoms with E-state index in [1.807, 2.05) is 6.07 Å². The Hall–Kier alpha value is -1.10. The standard InChI is InChI=1S/C16H26N2O2/c1-12-9-14(5-6-16(12)19-3)15(10-17)18-7-4-8-20-13(2)11-18/h5-6,9,13,15H,4,7-8,10-11,17H2,1-3H3. The van der Waals surface area contributed by atoms with Crippen LogP contribution < -0.4 is 10.5 Å². The molecule has 0 aliphatic carbocycles. The fourth-order valence-corrected chi connectivity index (χ4v) is 2.91. The van der Waals surface area contributed by atoms with Crippen molar-refractivity contribution in [1.82, 2.24) is 4.90 Å². The van der Waals surface area contributed by atoms with Gasteiger partial charge in [-0.05, 0) is 37.5 Å². The second-order valence-electron chi connectivity index (χ2n) is 5.51. The van der Waals surface area contributed by atoms with Crippen LogP contribution in [0.1, 0.15) is 30.5 Å². The van der Waals surface area contributed by atoms with Crippen LogP contribution in [-0.4, -0.2) is 44.4 Å². The van der Waals surface area contributed by atoms with Crippen molar-refractivity contribution in [2.45, 2.75) is 32.4 Å². The molecular formula is C16H26N2O2. The first-order chi connectivity index (χ1) is 9.65. The summed E-state index contributed by atoms with van der Waals surface area (Å²) < 4.78 is 11.1. The lowest BCUT2D eigenvalue weighted by Gasteiger charge is -2.31. The SMILES string of the molecule is COc1ccc(C(CN)N2CCCOC(C)C2)cc1C. The maximum Gasteiger partial charge on any atom is 0.121 e. The molecule has 1 aromatic carbocycles. The van der Waals surface area contributed by atoms with Crippen molar-refractivity contribution in [3.8, 4) is 5.75 Å². The maximum absolute atomic E-state index is 6.04. The van der Waals surface area contributed by atoms with Gasteiger partial charge in [0, 0.05) is 32.3 Å². The van der Waals surface area contributed by atoms with Gasteiger partial charge in [0.05, 0.1) is 13.2 Å². The highest BCUT2D eigenvalue weighted by atomic mass is 16.5. The highest BCUT2D eigenvalue weighted by Crippen LogP contribution is 2.26. The Balaban J connectivity index is 2.20. The number of hydrogen-bond donors (Lipinski definition) is 1. The first-order valence-electron chi connectivity index (χ1n) is 7.36. The molecule has 1 saturated heterocycles. The van der Waals surface area contributed by atoms with Crippen LogP contribution in [0.5, 0.6) is 5.75 Å². The van der Waals surface area contributed by atoms with Crippen molar-refractivity contribution in [3.63, 3.8) is 0 Å². The summed E-state index contributed by atoms with van der Waals surface area (Å²) in [6, 6.07) is 6.60. The fraction of sp³-hybridized carbons (Fsp3) is 0.625. The van der Waals surface area contributed by atoms with Crippen molar-refractivity contribution < 1.29 is 9.47 Å². The average Bonchev–Trinajstić information content (AvgIpc) is 2.65. The average molecular weight is 278 g/mol. The highest BCUT2D eigenvalue weighted by Gasteiger charge is 2.23. The van der Waals surface area contributed by atoms with Gasteiger partial charge in [-0.1, -0.05) is 12.1 Å². The lowest BCUT2D eigenvalue weighted by molar-refractivity contribution is 0.0611. The Morgan fingerprint density at radius 3 is 2.95 bits per heavy atom. The summed E-state index contributed by atoms with van der Waals surface area (Å²) >= 11 is 0. The third kappa shape index (κ3) is 3.51. The van der Waals surface area contributed by atoms with Gasteiger partial charge in [-0.15, -0.1) is 0 Å². The number of methoxy groups -OCH3 is 1. The Morgan fingerprint density at radius 2 is 2.30 bits per heavy atom. The predicted octanol–water partition coefficient (Wildman–Crippen LogP) is 2.11. The molecule has 4 heteroatoms. The zero-order chi connectivity index (χ0) is 14.5. The lowest BCUT2D eigenvalue weighted by Crippen LogP contribution is -2.37. The van der Waals surface area contributed by atoms with Crippen LogP contribution in [0.2, 0.25) is 0 Å². The molecule has 1 heterocycles. The molecule has 0 saturated carbocycles. The molecule has 1 aromatic rings. The van der Waals surface area contributed by atoms with E-state index in [0.717, 1.165) is 37.4 Å². The molecule has 2 rings (SSSR count). The van der Waals surface area contributed by atoms with Crippen molar-refractivity contribution in [3.05, 3.63) is 29.3 Å². The normalized spacial score (nSPS) is 22.3. The van der Waals surface area contributed by atoms with E-state index in [9.17, 15) is 0 Å². The zero-order valence-electron chi connectivity index (χ0n) is 12.8. The number of aryl methyl sites for hydroxylation is 1. The van der Waals surface area contributed by atoms with Crippen LogP contribution >= 0.6 is 0 Å². The first-order valence-corrected chi connectivity index (χ1v) is 7.36. The van der Waals surface area contributed by atoms with Crippen LogP contribution in [0.25, 0.3) is 0 Å². The third-order valence-electron chi connectivity index (χ3n) is 3.95. The molecule has 1 fully saturated rings. The van der Waals surface area contributed by atoms with E-state index in [1.54, 1.807) is 7.11 Å². The van der Waals surface area contributed by atoms with Crippen molar-refractivity contribution in [2.24, 2.45) is 5.73 Å². The second-order valence-corrected chi connectivity index (χ2v) is 5.51. The van der Waals surface area contributed by atoms with Gasteiger partial charge >= 0.3 is 0 Å². The summed E-state index contributed by atoms with van der Waals surface area (Å²) in [5.41, 5.74) is 8.46. The zero-order valence-corrected chi connectivity index (χ0v) is 12.8. The summed E-state index contributed by atoms with van der Waals surface area (Å²) in [6.07, 6.45) is 1.33. The van der Waals surface area contributed by atoms with Crippen LogP contribution in [0.15, 0.2) is 18.2 Å². The number of nitrogens with zero attached hydrogens (tertiary/aromatic N) is 1. The van der Waals surface area contributed by atoms with Crippen LogP contribution in [0.3, 0.4) is 0 Å². The first kappa shape index (κ1) is 15.3. The second kappa shape index (κ2) is 7.07. The number of nitrogens with two attached hydrogens (primary N) is 1. The Bertz CT molecular complexity index is 436. The van der Waals surface area contributed by atoms with E-state index in [-0.39, 0.29) is 12.1 Å². The monoisotopic (exact) mass is 278 g/mol. The van der Waals surface area contributed by atoms with Gasteiger partial charge in [0.15, 0.2) is 0 Å². The van der Waals surface area contributed by atoms with E-state index in [2.05, 4.69) is 30.9 Å². The summed E-state index contributed by atoms with van der Waals surface area (Å²) in [5, 5.41) is 0. The fourth-order valence-electron chi connectivity index (χ4n) is 2.91. The summed E-state index contributed by atoms with van der Waals surface area (Å²) in [4.78, 5) is 2.44. The molecule has 2 N–H and O–H groups in total. The maximum atomic E-state index is 6.04. The van der Waals surface area contributed by atoms with Gasteiger partial charge < -0.3 is 15.2 Å². The minimum Gasteiger partial charge on any atom is -0.496 e. The highest BCUT2D eigenvalue weighted by molar-refractivity contribution is 5.37. The van der Waals surface area contributed by atoms with E-state index >= 15 is 0 Å². The molecular weight excluding hydrogens is 252 g/mol. The summed E-state index contributed by atoms with van der Waals surface area (Å²) in [6.45, 7) is 7.65. The predicted molar refractivity (Wildman–Crippen MR) is 81.1 cm³/mol. The third-order valence-corrected chi connectivity index (χ3v) is 3.95. The Morgan fingerprint density at radius 1 is 1.50 bits per heavy atom. The van der Waals surface area contributed by atoms with E-state index < -0.39 is 0 Å². The number of hydrogen-bond acceptors (Lipinski definition) is 4. The van der Waals surface area contributed by atoms with Gasteiger partial charge in [-0.2, -0.15) is 0 Å². The van der Waals surface area contributed by atoms with Gasteiger partial charge in [-0.25, -0.2) is 0 Å². The molecule has 0 radical (unpaired) electrons. The van der Waals surface area contributed by atoms with Crippen LogP contribution in [0.4, 0.5) is 0 Å².